The van der Waals surface area contributed by atoms with Crippen molar-refractivity contribution >= 4 is 29.1 Å². The zero-order valence-electron chi connectivity index (χ0n) is 18.7. The van der Waals surface area contributed by atoms with Crippen LogP contribution in [0.5, 0.6) is 0 Å². The van der Waals surface area contributed by atoms with Crippen molar-refractivity contribution in [3.63, 3.8) is 0 Å². The lowest BCUT2D eigenvalue weighted by molar-refractivity contribution is -0.131. The first kappa shape index (κ1) is 24.7. The van der Waals surface area contributed by atoms with Crippen molar-refractivity contribution in [3.05, 3.63) is 51.5 Å². The largest absolute Gasteiger partial charge is 0.378 e. The number of nitrogens with zero attached hydrogens (tertiary/aromatic N) is 4. The Kier molecular flexibility index (Phi) is 7.37. The van der Waals surface area contributed by atoms with Crippen molar-refractivity contribution in [3.8, 4) is 6.07 Å². The molecule has 2 aliphatic rings. The molecule has 0 spiro atoms. The number of amides is 3. The van der Waals surface area contributed by atoms with Crippen molar-refractivity contribution in [1.82, 2.24) is 20.1 Å². The molecule has 0 bridgehead atoms. The van der Waals surface area contributed by atoms with Crippen molar-refractivity contribution in [2.24, 2.45) is 0 Å². The molecule has 2 saturated heterocycles. The summed E-state index contributed by atoms with van der Waals surface area (Å²) in [6, 6.07) is 7.68. The molecule has 3 amide bonds. The predicted molar refractivity (Wildman–Crippen MR) is 121 cm³/mol. The Bertz CT molecular complexity index is 1140. The topological polar surface area (TPSA) is 116 Å². The molecule has 2 fully saturated rings. The zero-order valence-corrected chi connectivity index (χ0v) is 19.5. The lowest BCUT2D eigenvalue weighted by Crippen LogP contribution is -2.43. The average molecular weight is 504 g/mol. The summed E-state index contributed by atoms with van der Waals surface area (Å²) in [5.74, 6) is -4.50. The first-order valence-electron chi connectivity index (χ1n) is 11.0. The molecule has 0 unspecified atom stereocenters. The lowest BCUT2D eigenvalue weighted by atomic mass is 10.1. The molecule has 0 saturated carbocycles. The second-order valence-electron chi connectivity index (χ2n) is 8.31. The number of alkyl halides is 2. The molecule has 9 nitrogen and oxygen atoms in total. The fourth-order valence-electron chi connectivity index (χ4n) is 3.93. The molecule has 0 radical (unpaired) electrons. The minimum atomic E-state index is -3.11. The van der Waals surface area contributed by atoms with Crippen LogP contribution in [-0.4, -0.2) is 83.9 Å². The molecule has 4 rings (SSSR count). The second kappa shape index (κ2) is 10.5. The molecular weight excluding hydrogens is 480 g/mol. The Balaban J connectivity index is 1.29. The highest BCUT2D eigenvalue weighted by Gasteiger charge is 2.47. The van der Waals surface area contributed by atoms with Crippen LogP contribution in [0, 0.1) is 11.3 Å². The maximum atomic E-state index is 13.5. The number of morpholine rings is 1. The molecular formula is C23H23F2N5O4S. The van der Waals surface area contributed by atoms with Crippen molar-refractivity contribution < 1.29 is 27.9 Å². The quantitative estimate of drug-likeness (QED) is 0.642. The van der Waals surface area contributed by atoms with Crippen LogP contribution in [0.15, 0.2) is 29.6 Å². The number of nitrogens with one attached hydrogen (secondary N) is 1. The Morgan fingerprint density at radius 2 is 1.94 bits per heavy atom. The smallest absolute Gasteiger partial charge is 0.271 e. The van der Waals surface area contributed by atoms with Gasteiger partial charge >= 0.3 is 0 Å². The van der Waals surface area contributed by atoms with Gasteiger partial charge in [-0.25, -0.2) is 13.8 Å². The first-order chi connectivity index (χ1) is 16.8. The molecule has 2 aromatic rings. The monoisotopic (exact) mass is 503 g/mol. The number of ether oxygens (including phenoxy) is 1. The summed E-state index contributed by atoms with van der Waals surface area (Å²) in [6.07, 6.45) is -0.253. The number of nitriles is 1. The van der Waals surface area contributed by atoms with E-state index in [1.54, 1.807) is 28.5 Å². The fourth-order valence-corrected chi connectivity index (χ4v) is 4.74. The van der Waals surface area contributed by atoms with Crippen LogP contribution >= 0.6 is 11.3 Å². The number of halogens is 2. The van der Waals surface area contributed by atoms with Gasteiger partial charge in [0.15, 0.2) is 0 Å². The van der Waals surface area contributed by atoms with Gasteiger partial charge in [-0.05, 0) is 17.7 Å². The molecule has 1 aromatic heterocycles. The van der Waals surface area contributed by atoms with Crippen LogP contribution in [0.4, 0.5) is 8.78 Å². The highest BCUT2D eigenvalue weighted by atomic mass is 32.1. The average Bonchev–Trinajstić information content (AvgIpc) is 3.46. The van der Waals surface area contributed by atoms with E-state index in [-0.39, 0.29) is 11.6 Å². The summed E-state index contributed by atoms with van der Waals surface area (Å²) in [4.78, 5) is 44.0. The van der Waals surface area contributed by atoms with E-state index in [0.717, 1.165) is 10.5 Å². The van der Waals surface area contributed by atoms with Crippen molar-refractivity contribution in [2.75, 3.05) is 39.4 Å². The molecule has 1 atom stereocenters. The SMILES string of the molecule is N#C[C@@H]1CC(F)(F)CN1C(=O)CNC(=O)c1csc(Cc2ccc(C(=O)N3CCOCC3)cc2)n1. The van der Waals surface area contributed by atoms with E-state index in [0.29, 0.717) is 43.3 Å². The summed E-state index contributed by atoms with van der Waals surface area (Å²) in [7, 11) is 0. The van der Waals surface area contributed by atoms with Gasteiger partial charge in [0.2, 0.25) is 5.91 Å². The number of hydrogen-bond donors (Lipinski definition) is 1. The van der Waals surface area contributed by atoms with Gasteiger partial charge in [0.05, 0.1) is 37.4 Å². The molecule has 2 aliphatic heterocycles. The minimum Gasteiger partial charge on any atom is -0.378 e. The third kappa shape index (κ3) is 5.98. The van der Waals surface area contributed by atoms with Gasteiger partial charge < -0.3 is 19.9 Å². The normalized spacial score (nSPS) is 19.3. The number of carbonyl (C=O) groups excluding carboxylic acids is 3. The van der Waals surface area contributed by atoms with Gasteiger partial charge in [0.1, 0.15) is 11.7 Å². The van der Waals surface area contributed by atoms with Gasteiger partial charge in [-0.3, -0.25) is 14.4 Å². The summed E-state index contributed by atoms with van der Waals surface area (Å²) in [6.45, 7) is 0.869. The van der Waals surface area contributed by atoms with Gasteiger partial charge in [-0.15, -0.1) is 11.3 Å². The highest BCUT2D eigenvalue weighted by Crippen LogP contribution is 2.31. The van der Waals surface area contributed by atoms with Gasteiger partial charge in [-0.1, -0.05) is 12.1 Å². The van der Waals surface area contributed by atoms with Crippen molar-refractivity contribution in [1.29, 1.82) is 5.26 Å². The van der Waals surface area contributed by atoms with Gasteiger partial charge in [0.25, 0.3) is 17.7 Å². The molecule has 0 aliphatic carbocycles. The van der Waals surface area contributed by atoms with E-state index < -0.39 is 43.3 Å². The number of carbonyl (C=O) groups is 3. The Labute approximate surface area is 204 Å². The summed E-state index contributed by atoms with van der Waals surface area (Å²) in [5.41, 5.74) is 1.62. The second-order valence-corrected chi connectivity index (χ2v) is 9.26. The molecule has 1 aromatic carbocycles. The fraction of sp³-hybridized carbons (Fsp3) is 0.435. The van der Waals surface area contributed by atoms with E-state index in [1.807, 2.05) is 12.1 Å². The Morgan fingerprint density at radius 1 is 1.23 bits per heavy atom. The number of hydrogen-bond acceptors (Lipinski definition) is 7. The molecule has 184 valence electrons. The summed E-state index contributed by atoms with van der Waals surface area (Å²) in [5, 5.41) is 13.6. The van der Waals surface area contributed by atoms with Gasteiger partial charge in [0, 0.05) is 36.9 Å². The van der Waals surface area contributed by atoms with Crippen LogP contribution in [0.3, 0.4) is 0 Å². The number of benzene rings is 1. The number of likely N-dealkylation sites (tertiary alicyclic amines) is 1. The van der Waals surface area contributed by atoms with Crippen molar-refractivity contribution in [2.45, 2.75) is 24.8 Å². The van der Waals surface area contributed by atoms with Gasteiger partial charge in [-0.2, -0.15) is 5.26 Å². The molecule has 35 heavy (non-hydrogen) atoms. The van der Waals surface area contributed by atoms with Crippen LogP contribution < -0.4 is 5.32 Å². The van der Waals surface area contributed by atoms with E-state index in [9.17, 15) is 23.2 Å². The highest BCUT2D eigenvalue weighted by molar-refractivity contribution is 7.09. The van der Waals surface area contributed by atoms with Crippen LogP contribution in [0.25, 0.3) is 0 Å². The van der Waals surface area contributed by atoms with E-state index in [1.165, 1.54) is 11.3 Å². The third-order valence-electron chi connectivity index (χ3n) is 5.78. The third-order valence-corrected chi connectivity index (χ3v) is 6.63. The maximum absolute atomic E-state index is 13.5. The number of rotatable bonds is 6. The van der Waals surface area contributed by atoms with Crippen LogP contribution in [0.2, 0.25) is 0 Å². The Morgan fingerprint density at radius 3 is 2.63 bits per heavy atom. The standard InChI is InChI=1S/C23H23F2N5O4S/c24-23(25)10-17(11-26)30(14-23)20(31)12-27-21(32)18-13-35-19(28-18)9-15-1-3-16(4-2-15)22(33)29-5-7-34-8-6-29/h1-4,13,17H,5-10,12,14H2,(H,27,32)/t17-/m0/s1. The van der Waals surface area contributed by atoms with Crippen LogP contribution in [0.1, 0.15) is 37.8 Å². The Hall–Kier alpha value is -3.43. The zero-order chi connectivity index (χ0) is 25.0. The summed E-state index contributed by atoms with van der Waals surface area (Å²) < 4.78 is 32.3. The predicted octanol–water partition coefficient (Wildman–Crippen LogP) is 1.70. The first-order valence-corrected chi connectivity index (χ1v) is 11.9. The number of aromatic nitrogens is 1. The minimum absolute atomic E-state index is 0.0404. The number of thiazole rings is 1. The van der Waals surface area contributed by atoms with E-state index in [2.05, 4.69) is 10.3 Å². The molecule has 12 heteroatoms. The van der Waals surface area contributed by atoms with E-state index >= 15 is 0 Å². The summed E-state index contributed by atoms with van der Waals surface area (Å²) >= 11 is 1.27. The maximum Gasteiger partial charge on any atom is 0.271 e. The lowest BCUT2D eigenvalue weighted by Gasteiger charge is -2.26. The van der Waals surface area contributed by atoms with E-state index in [4.69, 9.17) is 10.00 Å². The van der Waals surface area contributed by atoms with Crippen LogP contribution in [-0.2, 0) is 16.0 Å². The molecule has 3 heterocycles. The molecule has 1 N–H and O–H groups in total.